The quantitative estimate of drug-likeness (QED) is 0.832. The first kappa shape index (κ1) is 12.6. The van der Waals surface area contributed by atoms with Gasteiger partial charge in [0.25, 0.3) is 0 Å². The Morgan fingerprint density at radius 3 is 2.94 bits per heavy atom. The summed E-state index contributed by atoms with van der Waals surface area (Å²) in [5.41, 5.74) is 0.708. The van der Waals surface area contributed by atoms with E-state index < -0.39 is 0 Å². The van der Waals surface area contributed by atoms with E-state index in [9.17, 15) is 9.18 Å². The topological polar surface area (TPSA) is 29.1 Å². The molecule has 92 valence electrons. The van der Waals surface area contributed by atoms with Crippen molar-refractivity contribution in [2.24, 2.45) is 5.92 Å². The van der Waals surface area contributed by atoms with E-state index in [4.69, 9.17) is 0 Å². The van der Waals surface area contributed by atoms with Crippen molar-refractivity contribution in [3.8, 4) is 0 Å². The Labute approximate surface area is 109 Å². The zero-order valence-electron chi connectivity index (χ0n) is 9.46. The Balaban J connectivity index is 1.76. The van der Waals surface area contributed by atoms with Gasteiger partial charge in [-0.25, -0.2) is 4.39 Å². The Morgan fingerprint density at radius 2 is 2.29 bits per heavy atom. The molecule has 1 atom stereocenters. The third-order valence-electron chi connectivity index (χ3n) is 2.88. The van der Waals surface area contributed by atoms with Gasteiger partial charge < -0.3 is 5.32 Å². The van der Waals surface area contributed by atoms with E-state index in [1.165, 1.54) is 25.0 Å². The molecule has 0 spiro atoms. The summed E-state index contributed by atoms with van der Waals surface area (Å²) in [5, 5.41) is 2.86. The monoisotopic (exact) mass is 299 g/mol. The third kappa shape index (κ3) is 4.11. The van der Waals surface area contributed by atoms with E-state index in [2.05, 4.69) is 21.2 Å². The molecule has 4 heteroatoms. The van der Waals surface area contributed by atoms with Crippen LogP contribution >= 0.6 is 15.9 Å². The van der Waals surface area contributed by atoms with E-state index in [1.807, 2.05) is 0 Å². The minimum absolute atomic E-state index is 0.0549. The van der Waals surface area contributed by atoms with Crippen LogP contribution < -0.4 is 5.32 Å². The smallest absolute Gasteiger partial charge is 0.224 e. The predicted octanol–water partition coefficient (Wildman–Crippen LogP) is 2.66. The average Bonchev–Trinajstić information content (AvgIpc) is 3.09. The van der Waals surface area contributed by atoms with Gasteiger partial charge >= 0.3 is 0 Å². The molecule has 2 rings (SSSR count). The van der Waals surface area contributed by atoms with Gasteiger partial charge in [0.15, 0.2) is 0 Å². The summed E-state index contributed by atoms with van der Waals surface area (Å²) in [7, 11) is 0. The second kappa shape index (κ2) is 5.63. The van der Waals surface area contributed by atoms with Gasteiger partial charge in [-0.05, 0) is 36.5 Å². The first-order valence-corrected chi connectivity index (χ1v) is 6.72. The second-order valence-corrected chi connectivity index (χ2v) is 5.64. The van der Waals surface area contributed by atoms with Crippen LogP contribution in [0.3, 0.4) is 0 Å². The van der Waals surface area contributed by atoms with Crippen LogP contribution in [0.2, 0.25) is 0 Å². The number of rotatable bonds is 5. The van der Waals surface area contributed by atoms with Crippen molar-refractivity contribution in [1.82, 2.24) is 5.32 Å². The molecule has 0 radical (unpaired) electrons. The van der Waals surface area contributed by atoms with Crippen LogP contribution in [0.15, 0.2) is 24.3 Å². The lowest BCUT2D eigenvalue weighted by Gasteiger charge is -2.10. The van der Waals surface area contributed by atoms with Crippen molar-refractivity contribution in [1.29, 1.82) is 0 Å². The fraction of sp³-hybridized carbons (Fsp3) is 0.462. The minimum atomic E-state index is -0.299. The van der Waals surface area contributed by atoms with E-state index in [0.717, 1.165) is 0 Å². The second-order valence-electron chi connectivity index (χ2n) is 4.46. The molecule has 1 N–H and O–H groups in total. The van der Waals surface area contributed by atoms with Crippen LogP contribution in [0.25, 0.3) is 0 Å². The summed E-state index contributed by atoms with van der Waals surface area (Å²) in [6, 6.07) is 6.15. The van der Waals surface area contributed by atoms with E-state index in [-0.39, 0.29) is 18.1 Å². The molecule has 1 saturated carbocycles. The van der Waals surface area contributed by atoms with Crippen LogP contribution in [-0.4, -0.2) is 17.3 Å². The molecule has 0 bridgehead atoms. The van der Waals surface area contributed by atoms with Gasteiger partial charge in [-0.3, -0.25) is 4.79 Å². The normalized spacial score (nSPS) is 16.6. The van der Waals surface area contributed by atoms with Crippen molar-refractivity contribution in [2.45, 2.75) is 24.1 Å². The summed E-state index contributed by atoms with van der Waals surface area (Å²) in [6.45, 7) is 0.652. The zero-order chi connectivity index (χ0) is 12.3. The maximum Gasteiger partial charge on any atom is 0.224 e. The zero-order valence-corrected chi connectivity index (χ0v) is 11.0. The molecule has 0 aromatic heterocycles. The van der Waals surface area contributed by atoms with Crippen molar-refractivity contribution in [2.75, 3.05) is 6.54 Å². The highest BCUT2D eigenvalue weighted by molar-refractivity contribution is 9.09. The fourth-order valence-electron chi connectivity index (χ4n) is 1.73. The number of hydrogen-bond donors (Lipinski definition) is 1. The molecule has 1 unspecified atom stereocenters. The number of carbonyl (C=O) groups excluding carboxylic acids is 1. The van der Waals surface area contributed by atoms with Gasteiger partial charge in [0.1, 0.15) is 5.82 Å². The van der Waals surface area contributed by atoms with E-state index in [1.54, 1.807) is 12.1 Å². The summed E-state index contributed by atoms with van der Waals surface area (Å²) in [4.78, 5) is 12.0. The highest BCUT2D eigenvalue weighted by atomic mass is 79.9. The van der Waals surface area contributed by atoms with Crippen LogP contribution in [0.4, 0.5) is 4.39 Å². The summed E-state index contributed by atoms with van der Waals surface area (Å²) in [5.74, 6) is 0.358. The van der Waals surface area contributed by atoms with Gasteiger partial charge in [0, 0.05) is 11.4 Å². The Morgan fingerprint density at radius 1 is 1.53 bits per heavy atom. The number of amides is 1. The highest BCUT2D eigenvalue weighted by Gasteiger charge is 2.29. The molecular formula is C13H15BrFNO. The number of halogens is 2. The molecule has 0 saturated heterocycles. The van der Waals surface area contributed by atoms with Crippen molar-refractivity contribution in [3.05, 3.63) is 35.6 Å². The molecule has 1 aliphatic carbocycles. The molecule has 0 aliphatic heterocycles. The van der Waals surface area contributed by atoms with Gasteiger partial charge in [0.05, 0.1) is 6.42 Å². The molecule has 2 nitrogen and oxygen atoms in total. The average molecular weight is 300 g/mol. The number of hydrogen-bond acceptors (Lipinski definition) is 1. The number of benzene rings is 1. The fourth-order valence-corrected chi connectivity index (χ4v) is 2.42. The van der Waals surface area contributed by atoms with Crippen LogP contribution in [0, 0.1) is 11.7 Å². The van der Waals surface area contributed by atoms with Gasteiger partial charge in [0.2, 0.25) is 5.91 Å². The Kier molecular flexibility index (Phi) is 4.15. The molecule has 1 aliphatic rings. The van der Waals surface area contributed by atoms with Crippen molar-refractivity contribution >= 4 is 21.8 Å². The van der Waals surface area contributed by atoms with Gasteiger partial charge in [-0.1, -0.05) is 28.1 Å². The highest BCUT2D eigenvalue weighted by Crippen LogP contribution is 2.36. The molecule has 1 fully saturated rings. The molecular weight excluding hydrogens is 285 g/mol. The lowest BCUT2D eigenvalue weighted by molar-refractivity contribution is -0.120. The Hall–Kier alpha value is -0.900. The minimum Gasteiger partial charge on any atom is -0.355 e. The number of nitrogens with one attached hydrogen (secondary N) is 1. The molecule has 17 heavy (non-hydrogen) atoms. The largest absolute Gasteiger partial charge is 0.355 e. The van der Waals surface area contributed by atoms with Crippen LogP contribution in [0.5, 0.6) is 0 Å². The summed E-state index contributed by atoms with van der Waals surface area (Å²) >= 11 is 3.56. The van der Waals surface area contributed by atoms with E-state index >= 15 is 0 Å². The first-order chi connectivity index (χ1) is 8.15. The van der Waals surface area contributed by atoms with Crippen molar-refractivity contribution in [3.63, 3.8) is 0 Å². The van der Waals surface area contributed by atoms with Gasteiger partial charge in [-0.15, -0.1) is 0 Å². The summed E-state index contributed by atoms with van der Waals surface area (Å²) in [6.07, 6.45) is 2.73. The molecule has 0 heterocycles. The molecule has 1 amide bonds. The maximum absolute atomic E-state index is 12.9. The maximum atomic E-state index is 12.9. The van der Waals surface area contributed by atoms with Crippen molar-refractivity contribution < 1.29 is 9.18 Å². The predicted molar refractivity (Wildman–Crippen MR) is 68.6 cm³/mol. The first-order valence-electron chi connectivity index (χ1n) is 5.80. The van der Waals surface area contributed by atoms with Crippen LogP contribution in [-0.2, 0) is 11.2 Å². The van der Waals surface area contributed by atoms with Gasteiger partial charge in [-0.2, -0.15) is 0 Å². The lowest BCUT2D eigenvalue weighted by atomic mass is 10.1. The van der Waals surface area contributed by atoms with Crippen LogP contribution in [0.1, 0.15) is 18.4 Å². The summed E-state index contributed by atoms with van der Waals surface area (Å²) < 4.78 is 12.9. The molecule has 1 aromatic carbocycles. The SMILES string of the molecule is O=C(Cc1cccc(F)c1)NCC(Br)C1CC1. The number of carbonyl (C=O) groups is 1. The Bertz CT molecular complexity index is 406. The third-order valence-corrected chi connectivity index (χ3v) is 3.95. The molecule has 1 aromatic rings. The number of alkyl halides is 1. The lowest BCUT2D eigenvalue weighted by Crippen LogP contribution is -2.31. The van der Waals surface area contributed by atoms with E-state index in [0.29, 0.717) is 22.9 Å². The standard InChI is InChI=1S/C13H15BrFNO/c14-12(10-4-5-10)8-16-13(17)7-9-2-1-3-11(15)6-9/h1-3,6,10,12H,4-5,7-8H2,(H,16,17).